The molecule has 1 heterocycles. The lowest BCUT2D eigenvalue weighted by Crippen LogP contribution is -2.20. The van der Waals surface area contributed by atoms with Crippen LogP contribution in [0, 0.1) is 0 Å². The molecule has 0 aliphatic heterocycles. The molecule has 5 aromatic rings. The maximum atomic E-state index is 13.3. The Hall–Kier alpha value is -4.75. The fourth-order valence-corrected chi connectivity index (χ4v) is 3.82. The minimum absolute atomic E-state index is 0.171. The summed E-state index contributed by atoms with van der Waals surface area (Å²) in [5.74, 6) is 0.622. The van der Waals surface area contributed by atoms with Crippen molar-refractivity contribution in [2.75, 3.05) is 11.9 Å². The number of aromatic nitrogens is 2. The number of hydrogen-bond acceptors (Lipinski definition) is 5. The fraction of sp³-hybridized carbons (Fsp3) is 0.0345. The molecule has 8 heteroatoms. The second-order valence-corrected chi connectivity index (χ2v) is 8.53. The molecule has 0 atom stereocenters. The van der Waals surface area contributed by atoms with E-state index in [1.165, 1.54) is 4.68 Å². The highest BCUT2D eigenvalue weighted by atomic mass is 35.5. The van der Waals surface area contributed by atoms with Crippen molar-refractivity contribution in [3.63, 3.8) is 0 Å². The predicted octanol–water partition coefficient (Wildman–Crippen LogP) is 5.62. The highest BCUT2D eigenvalue weighted by Gasteiger charge is 2.12. The van der Waals surface area contributed by atoms with E-state index in [1.54, 1.807) is 66.9 Å². The normalized spacial score (nSPS) is 11.1. The summed E-state index contributed by atoms with van der Waals surface area (Å²) >= 11 is 5.87. The number of fused-ring (bicyclic) bond motifs is 1. The van der Waals surface area contributed by atoms with Crippen molar-refractivity contribution in [1.82, 2.24) is 9.66 Å². The average Bonchev–Trinajstić information content (AvgIpc) is 2.93. The lowest BCUT2D eigenvalue weighted by molar-refractivity contribution is -0.118. The number of benzene rings is 4. The molecular formula is C29H21ClN4O3. The van der Waals surface area contributed by atoms with Gasteiger partial charge in [0.25, 0.3) is 11.5 Å². The van der Waals surface area contributed by atoms with Crippen LogP contribution in [0.25, 0.3) is 22.3 Å². The number of anilines is 1. The van der Waals surface area contributed by atoms with Crippen LogP contribution in [0.4, 0.5) is 5.69 Å². The molecule has 0 aliphatic rings. The second kappa shape index (κ2) is 10.9. The highest BCUT2D eigenvalue weighted by Crippen LogP contribution is 2.19. The molecular weight excluding hydrogens is 488 g/mol. The molecule has 0 spiro atoms. The Morgan fingerprint density at radius 1 is 0.946 bits per heavy atom. The standard InChI is InChI=1S/C29H21ClN4O3/c30-22-13-15-23(16-14-22)32-27(35)19-37-24-10-6-7-20(17-24)18-31-34-28(21-8-2-1-3-9-21)33-26-12-5-4-11-25(26)29(34)36/h1-18H,19H2,(H,32,35). The Labute approximate surface area is 217 Å². The molecule has 0 aliphatic carbocycles. The van der Waals surface area contributed by atoms with Gasteiger partial charge in [0.15, 0.2) is 12.4 Å². The topological polar surface area (TPSA) is 85.6 Å². The third kappa shape index (κ3) is 5.74. The predicted molar refractivity (Wildman–Crippen MR) is 146 cm³/mol. The summed E-state index contributed by atoms with van der Waals surface area (Å²) in [5.41, 5.74) is 2.42. The van der Waals surface area contributed by atoms with Crippen molar-refractivity contribution < 1.29 is 9.53 Å². The third-order valence-corrected chi connectivity index (χ3v) is 5.72. The third-order valence-electron chi connectivity index (χ3n) is 5.46. The van der Waals surface area contributed by atoms with Crippen molar-refractivity contribution in [3.05, 3.63) is 124 Å². The minimum atomic E-state index is -0.303. The van der Waals surface area contributed by atoms with E-state index >= 15 is 0 Å². The van der Waals surface area contributed by atoms with Crippen LogP contribution in [0.5, 0.6) is 5.75 Å². The first-order valence-electron chi connectivity index (χ1n) is 11.5. The first-order valence-corrected chi connectivity index (χ1v) is 11.8. The molecule has 0 saturated carbocycles. The van der Waals surface area contributed by atoms with Crippen LogP contribution in [0.2, 0.25) is 5.02 Å². The number of para-hydroxylation sites is 1. The van der Waals surface area contributed by atoms with E-state index in [1.807, 2.05) is 42.5 Å². The summed E-state index contributed by atoms with van der Waals surface area (Å²) in [5, 5.41) is 8.29. The lowest BCUT2D eigenvalue weighted by Gasteiger charge is -2.10. The van der Waals surface area contributed by atoms with E-state index in [9.17, 15) is 9.59 Å². The minimum Gasteiger partial charge on any atom is -0.484 e. The summed E-state index contributed by atoms with van der Waals surface area (Å²) in [6.07, 6.45) is 1.56. The molecule has 0 bridgehead atoms. The van der Waals surface area contributed by atoms with E-state index in [-0.39, 0.29) is 18.1 Å². The van der Waals surface area contributed by atoms with Gasteiger partial charge in [-0.15, -0.1) is 0 Å². The Morgan fingerprint density at radius 3 is 2.51 bits per heavy atom. The van der Waals surface area contributed by atoms with Gasteiger partial charge < -0.3 is 10.1 Å². The van der Waals surface area contributed by atoms with Crippen LogP contribution in [-0.2, 0) is 4.79 Å². The second-order valence-electron chi connectivity index (χ2n) is 8.10. The number of amides is 1. The maximum Gasteiger partial charge on any atom is 0.282 e. The van der Waals surface area contributed by atoms with E-state index in [0.29, 0.717) is 38.8 Å². The summed E-state index contributed by atoms with van der Waals surface area (Å²) in [4.78, 5) is 30.2. The Kier molecular flexibility index (Phi) is 7.05. The van der Waals surface area contributed by atoms with Crippen molar-refractivity contribution >= 4 is 40.3 Å². The molecule has 5 rings (SSSR count). The highest BCUT2D eigenvalue weighted by molar-refractivity contribution is 6.30. The van der Waals surface area contributed by atoms with E-state index in [4.69, 9.17) is 21.3 Å². The quantitative estimate of drug-likeness (QED) is 0.289. The van der Waals surface area contributed by atoms with Crippen molar-refractivity contribution in [1.29, 1.82) is 0 Å². The summed E-state index contributed by atoms with van der Waals surface area (Å²) in [6.45, 7) is -0.171. The largest absolute Gasteiger partial charge is 0.484 e. The van der Waals surface area contributed by atoms with Gasteiger partial charge in [-0.25, -0.2) is 4.98 Å². The molecule has 7 nitrogen and oxygen atoms in total. The van der Waals surface area contributed by atoms with Gasteiger partial charge in [0.05, 0.1) is 17.1 Å². The fourth-order valence-electron chi connectivity index (χ4n) is 3.69. The lowest BCUT2D eigenvalue weighted by atomic mass is 10.2. The molecule has 1 amide bonds. The van der Waals surface area contributed by atoms with Gasteiger partial charge >= 0.3 is 0 Å². The monoisotopic (exact) mass is 508 g/mol. The number of carbonyl (C=O) groups is 1. The number of nitrogens with one attached hydrogen (secondary N) is 1. The molecule has 0 radical (unpaired) electrons. The van der Waals surface area contributed by atoms with Crippen LogP contribution in [-0.4, -0.2) is 28.4 Å². The smallest absolute Gasteiger partial charge is 0.282 e. The van der Waals surface area contributed by atoms with Crippen LogP contribution in [0.15, 0.2) is 113 Å². The molecule has 1 N–H and O–H groups in total. The number of halogens is 1. The van der Waals surface area contributed by atoms with E-state index < -0.39 is 0 Å². The zero-order valence-corrected chi connectivity index (χ0v) is 20.3. The molecule has 182 valence electrons. The van der Waals surface area contributed by atoms with Gasteiger partial charge in [0, 0.05) is 16.3 Å². The zero-order valence-electron chi connectivity index (χ0n) is 19.5. The van der Waals surface area contributed by atoms with Gasteiger partial charge in [-0.05, 0) is 54.1 Å². The molecule has 1 aromatic heterocycles. The Balaban J connectivity index is 1.37. The maximum absolute atomic E-state index is 13.3. The Bertz CT molecular complexity index is 1650. The van der Waals surface area contributed by atoms with Crippen LogP contribution < -0.4 is 15.6 Å². The SMILES string of the molecule is O=C(COc1cccc(C=Nn2c(-c3ccccc3)nc3ccccc3c2=O)c1)Nc1ccc(Cl)cc1. The van der Waals surface area contributed by atoms with Gasteiger partial charge in [-0.2, -0.15) is 9.78 Å². The number of hydrogen-bond donors (Lipinski definition) is 1. The summed E-state index contributed by atoms with van der Waals surface area (Å²) < 4.78 is 6.95. The summed E-state index contributed by atoms with van der Waals surface area (Å²) in [6, 6.07) is 30.5. The van der Waals surface area contributed by atoms with Crippen molar-refractivity contribution in [2.24, 2.45) is 5.10 Å². The summed E-state index contributed by atoms with van der Waals surface area (Å²) in [7, 11) is 0. The average molecular weight is 509 g/mol. The molecule has 0 fully saturated rings. The van der Waals surface area contributed by atoms with Gasteiger partial charge in [-0.3, -0.25) is 9.59 Å². The van der Waals surface area contributed by atoms with Gasteiger partial charge in [0.1, 0.15) is 5.75 Å². The number of carbonyl (C=O) groups excluding carboxylic acids is 1. The van der Waals surface area contributed by atoms with Crippen LogP contribution >= 0.6 is 11.6 Å². The van der Waals surface area contributed by atoms with Gasteiger partial charge in [-0.1, -0.05) is 66.2 Å². The van der Waals surface area contributed by atoms with Crippen molar-refractivity contribution in [3.8, 4) is 17.1 Å². The first-order chi connectivity index (χ1) is 18.1. The van der Waals surface area contributed by atoms with E-state index in [0.717, 1.165) is 5.56 Å². The molecule has 0 unspecified atom stereocenters. The van der Waals surface area contributed by atoms with Gasteiger partial charge in [0.2, 0.25) is 0 Å². The number of rotatable bonds is 7. The van der Waals surface area contributed by atoms with Crippen LogP contribution in [0.1, 0.15) is 5.56 Å². The molecule has 0 saturated heterocycles. The zero-order chi connectivity index (χ0) is 25.6. The van der Waals surface area contributed by atoms with Crippen molar-refractivity contribution in [2.45, 2.75) is 0 Å². The van der Waals surface area contributed by atoms with E-state index in [2.05, 4.69) is 10.4 Å². The van der Waals surface area contributed by atoms with Crippen LogP contribution in [0.3, 0.4) is 0 Å². The first kappa shape index (κ1) is 24.0. The number of nitrogens with zero attached hydrogens (tertiary/aromatic N) is 3. The molecule has 37 heavy (non-hydrogen) atoms. The Morgan fingerprint density at radius 2 is 1.70 bits per heavy atom. The molecule has 4 aromatic carbocycles. The number of ether oxygens (including phenoxy) is 1.